The second kappa shape index (κ2) is 8.55. The monoisotopic (exact) mass is 416 g/mol. The topological polar surface area (TPSA) is 158 Å². The molecule has 0 aliphatic carbocycles. The highest BCUT2D eigenvalue weighted by Gasteiger charge is 2.42. The first-order valence-corrected chi connectivity index (χ1v) is 8.50. The number of amides is 2. The smallest absolute Gasteiger partial charge is 0.475 e. The highest BCUT2D eigenvalue weighted by Crippen LogP contribution is 2.32. The van der Waals surface area contributed by atoms with Gasteiger partial charge in [-0.1, -0.05) is 0 Å². The Bertz CT molecular complexity index is 837. The maximum absolute atomic E-state index is 12.0. The Kier molecular flexibility index (Phi) is 6.57. The van der Waals surface area contributed by atoms with Crippen LogP contribution in [0.4, 0.5) is 13.2 Å². The summed E-state index contributed by atoms with van der Waals surface area (Å²) in [5.41, 5.74) is 11.6. The fourth-order valence-corrected chi connectivity index (χ4v) is 3.02. The van der Waals surface area contributed by atoms with Crippen molar-refractivity contribution in [3.8, 4) is 0 Å². The molecule has 29 heavy (non-hydrogen) atoms. The Hall–Kier alpha value is -3.02. The average molecular weight is 416 g/mol. The Balaban J connectivity index is 0.000000370. The van der Waals surface area contributed by atoms with Gasteiger partial charge in [0, 0.05) is 31.9 Å². The van der Waals surface area contributed by atoms with Gasteiger partial charge in [0.15, 0.2) is 0 Å². The van der Waals surface area contributed by atoms with Gasteiger partial charge in [-0.3, -0.25) is 19.6 Å². The van der Waals surface area contributed by atoms with Gasteiger partial charge in [0.25, 0.3) is 0 Å². The van der Waals surface area contributed by atoms with E-state index >= 15 is 0 Å². The minimum Gasteiger partial charge on any atom is -0.475 e. The van der Waals surface area contributed by atoms with Crippen LogP contribution in [-0.2, 0) is 20.7 Å². The van der Waals surface area contributed by atoms with Crippen molar-refractivity contribution < 1.29 is 37.4 Å². The van der Waals surface area contributed by atoms with Gasteiger partial charge in [-0.05, 0) is 24.5 Å². The number of carbonyl (C=O) groups excluding carboxylic acids is 2. The maximum Gasteiger partial charge on any atom is 0.490 e. The minimum absolute atomic E-state index is 0.0153. The van der Waals surface area contributed by atoms with Gasteiger partial charge in [0.2, 0.25) is 11.8 Å². The highest BCUT2D eigenvalue weighted by molar-refractivity contribution is 5.95. The minimum atomic E-state index is -5.08. The van der Waals surface area contributed by atoms with Crippen molar-refractivity contribution in [1.82, 2.24) is 4.98 Å². The van der Waals surface area contributed by atoms with Crippen molar-refractivity contribution in [3.63, 3.8) is 0 Å². The third-order valence-electron chi connectivity index (χ3n) is 4.49. The number of halogens is 3. The number of aromatic nitrogens is 1. The molecule has 12 heteroatoms. The molecular formula is C17H19F3N4O5. The van der Waals surface area contributed by atoms with Gasteiger partial charge in [-0.25, -0.2) is 4.79 Å². The van der Waals surface area contributed by atoms with Crippen LogP contribution in [0, 0.1) is 0 Å². The van der Waals surface area contributed by atoms with E-state index in [1.165, 1.54) is 6.20 Å². The molecule has 158 valence electrons. The van der Waals surface area contributed by atoms with Crippen molar-refractivity contribution in [2.24, 2.45) is 16.5 Å². The number of primary amides is 2. The summed E-state index contributed by atoms with van der Waals surface area (Å²) in [5.74, 6) is -3.80. The molecule has 9 nitrogen and oxygen atoms in total. The van der Waals surface area contributed by atoms with Crippen molar-refractivity contribution in [1.29, 1.82) is 0 Å². The molecule has 2 atom stereocenters. The predicted octanol–water partition coefficient (Wildman–Crippen LogP) is 0.582. The summed E-state index contributed by atoms with van der Waals surface area (Å²) in [6.45, 7) is 0.702. The number of hydrogen-bond acceptors (Lipinski definition) is 6. The molecule has 1 fully saturated rings. The first kappa shape index (κ1) is 22.3. The molecule has 1 unspecified atom stereocenters. The molecule has 1 aromatic heterocycles. The van der Waals surface area contributed by atoms with Crippen LogP contribution in [0.3, 0.4) is 0 Å². The summed E-state index contributed by atoms with van der Waals surface area (Å²) >= 11 is 0. The van der Waals surface area contributed by atoms with Crippen LogP contribution >= 0.6 is 0 Å². The molecule has 5 N–H and O–H groups in total. The summed E-state index contributed by atoms with van der Waals surface area (Å²) in [5, 5.41) is 7.12. The lowest BCUT2D eigenvalue weighted by molar-refractivity contribution is -0.192. The first-order chi connectivity index (χ1) is 13.4. The zero-order valence-electron chi connectivity index (χ0n) is 15.1. The van der Waals surface area contributed by atoms with Crippen LogP contribution in [-0.4, -0.2) is 58.5 Å². The zero-order chi connectivity index (χ0) is 21.8. The number of ether oxygens (including phenoxy) is 1. The van der Waals surface area contributed by atoms with E-state index in [1.54, 1.807) is 12.3 Å². The first-order valence-electron chi connectivity index (χ1n) is 8.50. The third kappa shape index (κ3) is 5.50. The molecular weight excluding hydrogens is 397 g/mol. The third-order valence-corrected chi connectivity index (χ3v) is 4.49. The number of carboxylic acids is 1. The number of fused-ring (bicyclic) bond motifs is 1. The van der Waals surface area contributed by atoms with E-state index in [1.807, 2.05) is 0 Å². The van der Waals surface area contributed by atoms with Gasteiger partial charge in [-0.15, -0.1) is 0 Å². The van der Waals surface area contributed by atoms with Crippen LogP contribution < -0.4 is 11.5 Å². The molecule has 0 aromatic carbocycles. The Morgan fingerprint density at radius 2 is 1.97 bits per heavy atom. The average Bonchev–Trinajstić information content (AvgIpc) is 3.13. The van der Waals surface area contributed by atoms with E-state index in [-0.39, 0.29) is 6.10 Å². The quantitative estimate of drug-likeness (QED) is 0.651. The summed E-state index contributed by atoms with van der Waals surface area (Å²) in [4.78, 5) is 40.8. The number of alkyl halides is 3. The summed E-state index contributed by atoms with van der Waals surface area (Å²) in [6, 6.07) is 1.66. The number of pyridine rings is 1. The predicted molar refractivity (Wildman–Crippen MR) is 93.3 cm³/mol. The van der Waals surface area contributed by atoms with Crippen LogP contribution in [0.1, 0.15) is 40.9 Å². The van der Waals surface area contributed by atoms with E-state index in [0.29, 0.717) is 30.7 Å². The SMILES string of the molecule is NC(=O)c1cnc2c(c1)CC(C[C@@H]1CCCO1)(C(N)=O)N=C2.O=C(O)C(F)(F)F. The molecule has 2 amide bonds. The number of nitrogens with zero attached hydrogens (tertiary/aromatic N) is 2. The molecule has 2 aliphatic rings. The lowest BCUT2D eigenvalue weighted by atomic mass is 9.82. The normalized spacial score (nSPS) is 22.9. The summed E-state index contributed by atoms with van der Waals surface area (Å²) in [6.07, 6.45) is 0.484. The number of hydrogen-bond donors (Lipinski definition) is 3. The Labute approximate surface area is 162 Å². The second-order valence-electron chi connectivity index (χ2n) is 6.61. The number of aliphatic imine (C=N–C) groups is 1. The maximum atomic E-state index is 12.0. The van der Waals surface area contributed by atoms with Gasteiger partial charge >= 0.3 is 12.1 Å². The van der Waals surface area contributed by atoms with E-state index in [0.717, 1.165) is 18.4 Å². The van der Waals surface area contributed by atoms with Gasteiger partial charge < -0.3 is 21.3 Å². The molecule has 3 rings (SSSR count). The zero-order valence-corrected chi connectivity index (χ0v) is 15.1. The van der Waals surface area contributed by atoms with Crippen molar-refractivity contribution >= 4 is 24.0 Å². The van der Waals surface area contributed by atoms with Crippen molar-refractivity contribution in [2.75, 3.05) is 6.61 Å². The highest BCUT2D eigenvalue weighted by atomic mass is 19.4. The molecule has 0 radical (unpaired) electrons. The molecule has 1 saturated heterocycles. The van der Waals surface area contributed by atoms with Crippen LogP contribution in [0.25, 0.3) is 0 Å². The van der Waals surface area contributed by atoms with Crippen molar-refractivity contribution in [3.05, 3.63) is 29.1 Å². The molecule has 0 bridgehead atoms. The van der Waals surface area contributed by atoms with Gasteiger partial charge in [-0.2, -0.15) is 13.2 Å². The fraction of sp³-hybridized carbons (Fsp3) is 0.471. The Morgan fingerprint density at radius 1 is 1.31 bits per heavy atom. The second-order valence-corrected chi connectivity index (χ2v) is 6.61. The van der Waals surface area contributed by atoms with Crippen LogP contribution in [0.2, 0.25) is 0 Å². The van der Waals surface area contributed by atoms with Gasteiger partial charge in [0.05, 0.1) is 17.4 Å². The number of rotatable bonds is 4. The lowest BCUT2D eigenvalue weighted by Gasteiger charge is -2.31. The van der Waals surface area contributed by atoms with E-state index in [4.69, 9.17) is 26.1 Å². The summed E-state index contributed by atoms with van der Waals surface area (Å²) < 4.78 is 37.3. The van der Waals surface area contributed by atoms with E-state index in [9.17, 15) is 22.8 Å². The molecule has 1 aromatic rings. The number of aliphatic carboxylic acids is 1. The molecule has 3 heterocycles. The number of carbonyl (C=O) groups is 3. The lowest BCUT2D eigenvalue weighted by Crippen LogP contribution is -2.48. The molecule has 2 aliphatic heterocycles. The number of nitrogens with two attached hydrogens (primary N) is 2. The summed E-state index contributed by atoms with van der Waals surface area (Å²) in [7, 11) is 0. The number of carboxylic acid groups (broad SMARTS) is 1. The standard InChI is InChI=1S/C15H18N4O3.C2HF3O2/c16-13(20)10-4-9-5-15(14(17)21,6-11-2-1-3-22-11)19-8-12(9)18-7-10;3-2(4,5)1(6)7/h4,7-8,11H,1-3,5-6H2,(H2,16,20)(H2,17,21);(H,6,7)/t11-,15?;/m0./s1. The molecule has 0 saturated carbocycles. The fourth-order valence-electron chi connectivity index (χ4n) is 3.02. The largest absolute Gasteiger partial charge is 0.490 e. The van der Waals surface area contributed by atoms with Crippen LogP contribution in [0.5, 0.6) is 0 Å². The van der Waals surface area contributed by atoms with Crippen molar-refractivity contribution in [2.45, 2.75) is 43.5 Å². The van der Waals surface area contributed by atoms with E-state index < -0.39 is 29.5 Å². The molecule has 0 spiro atoms. The Morgan fingerprint density at radius 3 is 2.45 bits per heavy atom. The van der Waals surface area contributed by atoms with Crippen LogP contribution in [0.15, 0.2) is 17.3 Å². The van der Waals surface area contributed by atoms with E-state index in [2.05, 4.69) is 9.98 Å². The van der Waals surface area contributed by atoms with Gasteiger partial charge in [0.1, 0.15) is 5.54 Å².